The van der Waals surface area contributed by atoms with Crippen molar-refractivity contribution in [2.24, 2.45) is 0 Å². The van der Waals surface area contributed by atoms with Gasteiger partial charge in [0.15, 0.2) is 6.61 Å². The monoisotopic (exact) mass is 345 g/mol. The summed E-state index contributed by atoms with van der Waals surface area (Å²) in [6.45, 7) is 2.11. The fraction of sp³-hybridized carbons (Fsp3) is 0.222. The van der Waals surface area contributed by atoms with Gasteiger partial charge in [-0.1, -0.05) is 18.2 Å². The molecule has 1 amide bonds. The molecular formula is C18H19NO4S. The van der Waals surface area contributed by atoms with Crippen molar-refractivity contribution < 1.29 is 19.1 Å². The molecule has 2 aromatic carbocycles. The molecule has 1 N–H and O–H groups in total. The highest BCUT2D eigenvalue weighted by Gasteiger charge is 2.05. The van der Waals surface area contributed by atoms with E-state index in [1.807, 2.05) is 30.3 Å². The number of carbonyl (C=O) groups excluding carboxylic acids is 2. The van der Waals surface area contributed by atoms with Gasteiger partial charge in [-0.15, -0.1) is 11.8 Å². The van der Waals surface area contributed by atoms with Gasteiger partial charge in [-0.25, -0.2) is 0 Å². The van der Waals surface area contributed by atoms with Crippen molar-refractivity contribution in [1.82, 2.24) is 0 Å². The summed E-state index contributed by atoms with van der Waals surface area (Å²) < 4.78 is 10.3. The first-order valence-corrected chi connectivity index (χ1v) is 8.52. The van der Waals surface area contributed by atoms with Crippen molar-refractivity contribution in [3.8, 4) is 5.75 Å². The second-order valence-corrected chi connectivity index (χ2v) is 5.82. The van der Waals surface area contributed by atoms with Crippen LogP contribution in [0.25, 0.3) is 0 Å². The average molecular weight is 345 g/mol. The Morgan fingerprint density at radius 1 is 1.04 bits per heavy atom. The number of hydrogen-bond donors (Lipinski definition) is 1. The van der Waals surface area contributed by atoms with Crippen LogP contribution in [0.1, 0.15) is 6.92 Å². The largest absolute Gasteiger partial charge is 0.484 e. The van der Waals surface area contributed by atoms with Gasteiger partial charge in [0.05, 0.1) is 12.4 Å². The Morgan fingerprint density at radius 3 is 2.42 bits per heavy atom. The number of amides is 1. The van der Waals surface area contributed by atoms with Crippen molar-refractivity contribution in [1.29, 1.82) is 0 Å². The summed E-state index contributed by atoms with van der Waals surface area (Å²) in [4.78, 5) is 24.1. The van der Waals surface area contributed by atoms with E-state index in [2.05, 4.69) is 5.32 Å². The number of para-hydroxylation sites is 1. The second-order valence-electron chi connectivity index (χ2n) is 4.77. The molecule has 2 aromatic rings. The molecule has 0 saturated carbocycles. The van der Waals surface area contributed by atoms with Crippen molar-refractivity contribution in [3.05, 3.63) is 54.6 Å². The molecule has 0 saturated heterocycles. The first-order valence-electron chi connectivity index (χ1n) is 7.53. The Morgan fingerprint density at radius 2 is 1.75 bits per heavy atom. The third-order valence-electron chi connectivity index (χ3n) is 2.91. The van der Waals surface area contributed by atoms with Crippen LogP contribution < -0.4 is 10.1 Å². The maximum Gasteiger partial charge on any atom is 0.316 e. The van der Waals surface area contributed by atoms with Gasteiger partial charge in [0, 0.05) is 10.6 Å². The Hall–Kier alpha value is -2.47. The third kappa shape index (κ3) is 6.34. The molecule has 0 heterocycles. The minimum atomic E-state index is -0.238. The molecule has 0 radical (unpaired) electrons. The maximum absolute atomic E-state index is 11.9. The molecule has 5 nitrogen and oxygen atoms in total. The summed E-state index contributed by atoms with van der Waals surface area (Å²) in [5.74, 6) is 0.451. The Labute approximate surface area is 145 Å². The lowest BCUT2D eigenvalue weighted by atomic mass is 10.3. The minimum Gasteiger partial charge on any atom is -0.484 e. The van der Waals surface area contributed by atoms with E-state index < -0.39 is 0 Å². The molecule has 0 aliphatic carbocycles. The standard InChI is InChI=1S/C18H19NO4S/c1-2-22-18(21)13-24-16-10-8-14(9-11-16)19-17(20)12-23-15-6-4-3-5-7-15/h3-11H,2,12-13H2,1H3,(H,19,20). The van der Waals surface area contributed by atoms with E-state index in [-0.39, 0.29) is 24.2 Å². The fourth-order valence-corrected chi connectivity index (χ4v) is 2.54. The molecule has 24 heavy (non-hydrogen) atoms. The maximum atomic E-state index is 11.9. The van der Waals surface area contributed by atoms with Gasteiger partial charge in [0.25, 0.3) is 5.91 Å². The molecule has 0 spiro atoms. The summed E-state index contributed by atoms with van der Waals surface area (Å²) in [5, 5.41) is 2.76. The van der Waals surface area contributed by atoms with E-state index in [0.29, 0.717) is 18.0 Å². The van der Waals surface area contributed by atoms with Gasteiger partial charge in [-0.05, 0) is 43.3 Å². The Kier molecular flexibility index (Phi) is 7.17. The predicted octanol–water partition coefficient (Wildman–Crippen LogP) is 3.36. The SMILES string of the molecule is CCOC(=O)CSc1ccc(NC(=O)COc2ccccc2)cc1. The fourth-order valence-electron chi connectivity index (χ4n) is 1.84. The van der Waals surface area contributed by atoms with Crippen LogP contribution in [0.2, 0.25) is 0 Å². The number of benzene rings is 2. The lowest BCUT2D eigenvalue weighted by molar-refractivity contribution is -0.139. The van der Waals surface area contributed by atoms with Gasteiger partial charge < -0.3 is 14.8 Å². The highest BCUT2D eigenvalue weighted by atomic mass is 32.2. The first-order chi connectivity index (χ1) is 11.7. The zero-order valence-electron chi connectivity index (χ0n) is 13.4. The van der Waals surface area contributed by atoms with Crippen LogP contribution in [-0.2, 0) is 14.3 Å². The molecular weight excluding hydrogens is 326 g/mol. The van der Waals surface area contributed by atoms with Crippen LogP contribution >= 0.6 is 11.8 Å². The van der Waals surface area contributed by atoms with Crippen LogP contribution in [-0.4, -0.2) is 30.8 Å². The Balaban J connectivity index is 1.76. The normalized spacial score (nSPS) is 10.0. The minimum absolute atomic E-state index is 0.0522. The highest BCUT2D eigenvalue weighted by Crippen LogP contribution is 2.20. The molecule has 2 rings (SSSR count). The van der Waals surface area contributed by atoms with E-state index in [0.717, 1.165) is 4.90 Å². The van der Waals surface area contributed by atoms with Gasteiger partial charge in [-0.3, -0.25) is 9.59 Å². The summed E-state index contributed by atoms with van der Waals surface area (Å²) in [5.41, 5.74) is 0.678. The summed E-state index contributed by atoms with van der Waals surface area (Å²) in [6, 6.07) is 16.4. The zero-order valence-corrected chi connectivity index (χ0v) is 14.2. The van der Waals surface area contributed by atoms with Crippen LogP contribution in [0.15, 0.2) is 59.5 Å². The van der Waals surface area contributed by atoms with E-state index in [1.54, 1.807) is 31.2 Å². The molecule has 126 valence electrons. The molecule has 6 heteroatoms. The van der Waals surface area contributed by atoms with Gasteiger partial charge in [-0.2, -0.15) is 0 Å². The molecule has 0 fully saturated rings. The number of ether oxygens (including phenoxy) is 2. The van der Waals surface area contributed by atoms with Crippen LogP contribution in [0.5, 0.6) is 5.75 Å². The smallest absolute Gasteiger partial charge is 0.316 e. The lowest BCUT2D eigenvalue weighted by Gasteiger charge is -2.08. The van der Waals surface area contributed by atoms with Gasteiger partial charge in [0.1, 0.15) is 5.75 Å². The van der Waals surface area contributed by atoms with Crippen molar-refractivity contribution in [3.63, 3.8) is 0 Å². The Bertz CT molecular complexity index is 658. The molecule has 0 atom stereocenters. The van der Waals surface area contributed by atoms with Crippen LogP contribution in [0.4, 0.5) is 5.69 Å². The quantitative estimate of drug-likeness (QED) is 0.587. The lowest BCUT2D eigenvalue weighted by Crippen LogP contribution is -2.20. The molecule has 0 bridgehead atoms. The summed E-state index contributed by atoms with van der Waals surface area (Å²) >= 11 is 1.39. The molecule has 0 unspecified atom stereocenters. The number of rotatable bonds is 8. The topological polar surface area (TPSA) is 64.6 Å². The van der Waals surface area contributed by atoms with Crippen LogP contribution in [0.3, 0.4) is 0 Å². The zero-order chi connectivity index (χ0) is 17.2. The summed E-state index contributed by atoms with van der Waals surface area (Å²) in [7, 11) is 0. The number of thioether (sulfide) groups is 1. The van der Waals surface area contributed by atoms with Crippen molar-refractivity contribution >= 4 is 29.3 Å². The predicted molar refractivity (Wildman–Crippen MR) is 94.4 cm³/mol. The number of carbonyl (C=O) groups is 2. The molecule has 0 aromatic heterocycles. The number of anilines is 1. The summed E-state index contributed by atoms with van der Waals surface area (Å²) in [6.07, 6.45) is 0. The van der Waals surface area contributed by atoms with E-state index in [4.69, 9.17) is 9.47 Å². The van der Waals surface area contributed by atoms with E-state index >= 15 is 0 Å². The number of nitrogens with one attached hydrogen (secondary N) is 1. The number of esters is 1. The highest BCUT2D eigenvalue weighted by molar-refractivity contribution is 8.00. The van der Waals surface area contributed by atoms with Gasteiger partial charge >= 0.3 is 5.97 Å². The molecule has 0 aliphatic heterocycles. The van der Waals surface area contributed by atoms with E-state index in [9.17, 15) is 9.59 Å². The van der Waals surface area contributed by atoms with E-state index in [1.165, 1.54) is 11.8 Å². The second kappa shape index (κ2) is 9.62. The first kappa shape index (κ1) is 17.9. The molecule has 0 aliphatic rings. The average Bonchev–Trinajstić information content (AvgIpc) is 2.60. The van der Waals surface area contributed by atoms with Crippen LogP contribution in [0, 0.1) is 0 Å². The third-order valence-corrected chi connectivity index (χ3v) is 3.90. The van der Waals surface area contributed by atoms with Crippen molar-refractivity contribution in [2.75, 3.05) is 24.3 Å². The van der Waals surface area contributed by atoms with Gasteiger partial charge in [0.2, 0.25) is 0 Å². The van der Waals surface area contributed by atoms with Crippen molar-refractivity contribution in [2.45, 2.75) is 11.8 Å². The number of hydrogen-bond acceptors (Lipinski definition) is 5.